The standard InChI is InChI=1S/C17H23N5O2S/c1-12-4-5-13(25-12)15(23)22-10-7-17(8-11-22,16(24)18-2)20-14-6-9-19-21(14)3/h4-6,9,20H,7-8,10-11H2,1-3H3,(H,18,24). The fourth-order valence-corrected chi connectivity index (χ4v) is 4.02. The van der Waals surface area contributed by atoms with Crippen molar-refractivity contribution in [2.24, 2.45) is 7.05 Å². The summed E-state index contributed by atoms with van der Waals surface area (Å²) < 4.78 is 1.71. The lowest BCUT2D eigenvalue weighted by molar-refractivity contribution is -0.126. The van der Waals surface area contributed by atoms with Crippen LogP contribution >= 0.6 is 11.3 Å². The molecular formula is C17H23N5O2S. The Labute approximate surface area is 151 Å². The van der Waals surface area contributed by atoms with Crippen molar-refractivity contribution in [1.29, 1.82) is 0 Å². The molecule has 0 aliphatic carbocycles. The number of nitrogens with zero attached hydrogens (tertiary/aromatic N) is 3. The molecule has 1 fully saturated rings. The van der Waals surface area contributed by atoms with Crippen LogP contribution in [0.2, 0.25) is 0 Å². The number of aromatic nitrogens is 2. The van der Waals surface area contributed by atoms with Gasteiger partial charge < -0.3 is 15.5 Å². The number of likely N-dealkylation sites (tertiary alicyclic amines) is 1. The van der Waals surface area contributed by atoms with Crippen LogP contribution in [0.3, 0.4) is 0 Å². The van der Waals surface area contributed by atoms with Crippen molar-refractivity contribution < 1.29 is 9.59 Å². The minimum Gasteiger partial charge on any atom is -0.357 e. The first-order chi connectivity index (χ1) is 11.9. The molecule has 0 bridgehead atoms. The summed E-state index contributed by atoms with van der Waals surface area (Å²) >= 11 is 1.51. The molecule has 3 heterocycles. The van der Waals surface area contributed by atoms with Crippen molar-refractivity contribution in [1.82, 2.24) is 20.0 Å². The van der Waals surface area contributed by atoms with E-state index >= 15 is 0 Å². The van der Waals surface area contributed by atoms with Crippen molar-refractivity contribution in [3.63, 3.8) is 0 Å². The average molecular weight is 361 g/mol. The number of carbonyl (C=O) groups is 2. The number of aryl methyl sites for hydroxylation is 2. The van der Waals surface area contributed by atoms with Crippen LogP contribution in [0.4, 0.5) is 5.82 Å². The Kier molecular flexibility index (Phi) is 4.80. The highest BCUT2D eigenvalue weighted by Gasteiger charge is 2.42. The number of carbonyl (C=O) groups excluding carboxylic acids is 2. The summed E-state index contributed by atoms with van der Waals surface area (Å²) in [6.07, 6.45) is 2.79. The van der Waals surface area contributed by atoms with Crippen molar-refractivity contribution in [2.75, 3.05) is 25.5 Å². The van der Waals surface area contributed by atoms with E-state index in [1.165, 1.54) is 11.3 Å². The number of anilines is 1. The molecule has 0 saturated carbocycles. The Morgan fingerprint density at radius 3 is 2.48 bits per heavy atom. The number of thiophene rings is 1. The van der Waals surface area contributed by atoms with Crippen LogP contribution < -0.4 is 10.6 Å². The van der Waals surface area contributed by atoms with E-state index in [2.05, 4.69) is 15.7 Å². The molecule has 1 saturated heterocycles. The molecule has 7 nitrogen and oxygen atoms in total. The first-order valence-electron chi connectivity index (χ1n) is 8.29. The van der Waals surface area contributed by atoms with Gasteiger partial charge in [-0.05, 0) is 31.9 Å². The summed E-state index contributed by atoms with van der Waals surface area (Å²) in [5.41, 5.74) is -0.731. The quantitative estimate of drug-likeness (QED) is 0.867. The molecule has 8 heteroatoms. The Morgan fingerprint density at radius 2 is 1.96 bits per heavy atom. The fourth-order valence-electron chi connectivity index (χ4n) is 3.19. The number of amides is 2. The molecule has 2 aromatic rings. The number of hydrogen-bond donors (Lipinski definition) is 2. The van der Waals surface area contributed by atoms with Gasteiger partial charge in [0, 0.05) is 38.1 Å². The van der Waals surface area contributed by atoms with E-state index in [9.17, 15) is 9.59 Å². The van der Waals surface area contributed by atoms with Gasteiger partial charge in [-0.25, -0.2) is 0 Å². The summed E-state index contributed by atoms with van der Waals surface area (Å²) in [5.74, 6) is 0.772. The van der Waals surface area contributed by atoms with Gasteiger partial charge in [-0.2, -0.15) is 5.10 Å². The lowest BCUT2D eigenvalue weighted by atomic mass is 9.86. The average Bonchev–Trinajstić information content (AvgIpc) is 3.23. The van der Waals surface area contributed by atoms with Gasteiger partial charge in [0.25, 0.3) is 5.91 Å². The zero-order valence-corrected chi connectivity index (χ0v) is 15.5. The van der Waals surface area contributed by atoms with Crippen LogP contribution in [0, 0.1) is 6.92 Å². The SMILES string of the molecule is CNC(=O)C1(Nc2ccnn2C)CCN(C(=O)c2ccc(C)s2)CC1. The molecule has 0 unspecified atom stereocenters. The Morgan fingerprint density at radius 1 is 1.24 bits per heavy atom. The molecule has 3 rings (SSSR count). The van der Waals surface area contributed by atoms with Gasteiger partial charge >= 0.3 is 0 Å². The summed E-state index contributed by atoms with van der Waals surface area (Å²) in [5, 5.41) is 10.2. The van der Waals surface area contributed by atoms with Gasteiger partial charge in [-0.3, -0.25) is 14.3 Å². The molecule has 2 amide bonds. The highest BCUT2D eigenvalue weighted by molar-refractivity contribution is 7.13. The van der Waals surface area contributed by atoms with Gasteiger partial charge in [0.15, 0.2) is 0 Å². The van der Waals surface area contributed by atoms with Crippen molar-refractivity contribution in [3.05, 3.63) is 34.2 Å². The molecular weight excluding hydrogens is 338 g/mol. The molecule has 134 valence electrons. The zero-order valence-electron chi connectivity index (χ0n) is 14.7. The van der Waals surface area contributed by atoms with Crippen LogP contribution in [0.15, 0.2) is 24.4 Å². The maximum absolute atomic E-state index is 12.6. The van der Waals surface area contributed by atoms with E-state index in [0.29, 0.717) is 25.9 Å². The maximum Gasteiger partial charge on any atom is 0.263 e. The molecule has 2 aromatic heterocycles. The monoisotopic (exact) mass is 361 g/mol. The van der Waals surface area contributed by atoms with E-state index in [-0.39, 0.29) is 11.8 Å². The van der Waals surface area contributed by atoms with Gasteiger partial charge in [-0.1, -0.05) is 0 Å². The van der Waals surface area contributed by atoms with Crippen LogP contribution in [0.5, 0.6) is 0 Å². The Bertz CT molecular complexity index is 774. The van der Waals surface area contributed by atoms with E-state index in [1.54, 1.807) is 17.9 Å². The Hall–Kier alpha value is -2.35. The number of hydrogen-bond acceptors (Lipinski definition) is 5. The largest absolute Gasteiger partial charge is 0.357 e. The maximum atomic E-state index is 12.6. The second-order valence-electron chi connectivity index (χ2n) is 6.33. The Balaban J connectivity index is 1.74. The predicted molar refractivity (Wildman–Crippen MR) is 97.8 cm³/mol. The molecule has 0 spiro atoms. The first-order valence-corrected chi connectivity index (χ1v) is 9.11. The number of rotatable bonds is 4. The van der Waals surface area contributed by atoms with Crippen LogP contribution in [-0.2, 0) is 11.8 Å². The van der Waals surface area contributed by atoms with Gasteiger partial charge in [-0.15, -0.1) is 11.3 Å². The van der Waals surface area contributed by atoms with E-state index in [0.717, 1.165) is 15.6 Å². The summed E-state index contributed by atoms with van der Waals surface area (Å²) in [6.45, 7) is 3.06. The third-order valence-electron chi connectivity index (χ3n) is 4.71. The van der Waals surface area contributed by atoms with E-state index < -0.39 is 5.54 Å². The number of nitrogens with one attached hydrogen (secondary N) is 2. The van der Waals surface area contributed by atoms with Crippen LogP contribution in [-0.4, -0.2) is 52.2 Å². The predicted octanol–water partition coefficient (Wildman–Crippen LogP) is 1.62. The first kappa shape index (κ1) is 17.5. The molecule has 2 N–H and O–H groups in total. The molecule has 1 aliphatic rings. The second kappa shape index (κ2) is 6.87. The molecule has 0 aromatic carbocycles. The molecule has 0 atom stereocenters. The van der Waals surface area contributed by atoms with E-state index in [1.807, 2.05) is 37.1 Å². The smallest absolute Gasteiger partial charge is 0.263 e. The lowest BCUT2D eigenvalue weighted by Gasteiger charge is -2.41. The zero-order chi connectivity index (χ0) is 18.0. The van der Waals surface area contributed by atoms with Crippen molar-refractivity contribution in [3.8, 4) is 0 Å². The lowest BCUT2D eigenvalue weighted by Crippen LogP contribution is -2.58. The summed E-state index contributed by atoms with van der Waals surface area (Å²) in [6, 6.07) is 5.67. The fraction of sp³-hybridized carbons (Fsp3) is 0.471. The molecule has 1 aliphatic heterocycles. The second-order valence-corrected chi connectivity index (χ2v) is 7.62. The van der Waals surface area contributed by atoms with E-state index in [4.69, 9.17) is 0 Å². The minimum absolute atomic E-state index is 0.0455. The molecule has 0 radical (unpaired) electrons. The number of likely N-dealkylation sites (N-methyl/N-ethyl adjacent to an activating group) is 1. The summed E-state index contributed by atoms with van der Waals surface area (Å²) in [7, 11) is 3.47. The van der Waals surface area contributed by atoms with Crippen molar-refractivity contribution in [2.45, 2.75) is 25.3 Å². The number of piperidine rings is 1. The normalized spacial score (nSPS) is 16.5. The summed E-state index contributed by atoms with van der Waals surface area (Å²) in [4.78, 5) is 28.9. The van der Waals surface area contributed by atoms with Crippen LogP contribution in [0.1, 0.15) is 27.4 Å². The molecule has 25 heavy (non-hydrogen) atoms. The van der Waals surface area contributed by atoms with Gasteiger partial charge in [0.2, 0.25) is 5.91 Å². The third kappa shape index (κ3) is 3.39. The highest BCUT2D eigenvalue weighted by atomic mass is 32.1. The van der Waals surface area contributed by atoms with Gasteiger partial charge in [0.1, 0.15) is 11.4 Å². The van der Waals surface area contributed by atoms with Gasteiger partial charge in [0.05, 0.1) is 11.1 Å². The minimum atomic E-state index is -0.731. The topological polar surface area (TPSA) is 79.3 Å². The van der Waals surface area contributed by atoms with Crippen LogP contribution in [0.25, 0.3) is 0 Å². The van der Waals surface area contributed by atoms with Crippen molar-refractivity contribution >= 4 is 29.0 Å². The third-order valence-corrected chi connectivity index (χ3v) is 5.69. The highest BCUT2D eigenvalue weighted by Crippen LogP contribution is 2.29.